The Morgan fingerprint density at radius 3 is 2.19 bits per heavy atom. The van der Waals surface area contributed by atoms with Gasteiger partial charge in [0.1, 0.15) is 11.9 Å². The minimum absolute atomic E-state index is 0.0849. The molecule has 11 heteroatoms. The Kier molecular flexibility index (Phi) is 8.33. The minimum Gasteiger partial charge on any atom is -0.366 e. The van der Waals surface area contributed by atoms with E-state index in [1.807, 2.05) is 45.0 Å². The molecule has 2 aliphatic rings. The van der Waals surface area contributed by atoms with Gasteiger partial charge >= 0.3 is 0 Å². The molecule has 0 radical (unpaired) electrons. The SMILES string of the molecule is CC(C)c1nc(C2(C[C@H](C)NCC(=O)N3CCC[C@H]3C#N)c3ccc(C(N)=O)cc3CCc3cc(C(N)=O)ccc32)n[nH]1. The van der Waals surface area contributed by atoms with Gasteiger partial charge in [0.15, 0.2) is 5.82 Å². The third-order valence-corrected chi connectivity index (χ3v) is 8.73. The van der Waals surface area contributed by atoms with Crippen LogP contribution in [0.3, 0.4) is 0 Å². The standard InChI is InChI=1S/C32H38N8O3/c1-18(2)30-37-31(39-38-30)32(15-19(3)36-17-27(41)40-12-4-5-24(40)16-33)25-10-8-22(28(34)42)13-20(25)6-7-21-14-23(29(35)43)9-11-26(21)32/h8-11,13-14,18-19,24,36H,4-7,12,15,17H2,1-3H3,(H2,34,42)(H2,35,43)(H,37,38,39)/t19-,24-/m0/s1. The Balaban J connectivity index is 1.64. The molecule has 3 amide bonds. The van der Waals surface area contributed by atoms with Crippen LogP contribution in [-0.2, 0) is 23.1 Å². The van der Waals surface area contributed by atoms with Gasteiger partial charge in [-0.15, -0.1) is 0 Å². The Hall–Kier alpha value is -4.56. The number of carbonyl (C=O) groups excluding carboxylic acids is 3. The highest BCUT2D eigenvalue weighted by Gasteiger charge is 2.45. The molecule has 2 aromatic carbocycles. The summed E-state index contributed by atoms with van der Waals surface area (Å²) in [6, 6.07) is 12.6. The molecule has 0 saturated carbocycles. The molecule has 2 heterocycles. The van der Waals surface area contributed by atoms with Gasteiger partial charge in [-0.3, -0.25) is 19.5 Å². The van der Waals surface area contributed by atoms with Crippen LogP contribution in [0.15, 0.2) is 36.4 Å². The quantitative estimate of drug-likeness (QED) is 0.298. The van der Waals surface area contributed by atoms with Crippen molar-refractivity contribution in [2.75, 3.05) is 13.1 Å². The summed E-state index contributed by atoms with van der Waals surface area (Å²) in [4.78, 5) is 44.1. The second-order valence-electron chi connectivity index (χ2n) is 11.9. The summed E-state index contributed by atoms with van der Waals surface area (Å²) in [6.07, 6.45) is 3.17. The molecule has 6 N–H and O–H groups in total. The summed E-state index contributed by atoms with van der Waals surface area (Å²) >= 11 is 0. The van der Waals surface area contributed by atoms with Crippen LogP contribution >= 0.6 is 0 Å². The van der Waals surface area contributed by atoms with Crippen LogP contribution in [0.1, 0.15) is 101 Å². The van der Waals surface area contributed by atoms with E-state index in [9.17, 15) is 19.6 Å². The molecule has 1 aromatic heterocycles. The smallest absolute Gasteiger partial charge is 0.248 e. The number of hydrogen-bond acceptors (Lipinski definition) is 7. The molecule has 5 rings (SSSR count). The van der Waals surface area contributed by atoms with Crippen molar-refractivity contribution < 1.29 is 14.4 Å². The van der Waals surface area contributed by atoms with E-state index < -0.39 is 23.3 Å². The Bertz CT molecular complexity index is 1540. The van der Waals surface area contributed by atoms with E-state index in [0.29, 0.717) is 49.2 Å². The maximum Gasteiger partial charge on any atom is 0.248 e. The predicted molar refractivity (Wildman–Crippen MR) is 160 cm³/mol. The minimum atomic E-state index is -0.907. The van der Waals surface area contributed by atoms with Crippen molar-refractivity contribution in [1.82, 2.24) is 25.4 Å². The fraction of sp³-hybridized carbons (Fsp3) is 0.438. The zero-order chi connectivity index (χ0) is 30.9. The number of H-pyrrole nitrogens is 1. The van der Waals surface area contributed by atoms with Crippen LogP contribution in [0.25, 0.3) is 0 Å². The maximum atomic E-state index is 13.1. The number of benzene rings is 2. The lowest BCUT2D eigenvalue weighted by Gasteiger charge is -2.37. The van der Waals surface area contributed by atoms with Crippen molar-refractivity contribution in [3.05, 3.63) is 81.4 Å². The lowest BCUT2D eigenvalue weighted by atomic mass is 9.67. The van der Waals surface area contributed by atoms with Gasteiger partial charge in [0.05, 0.1) is 18.0 Å². The van der Waals surface area contributed by atoms with Crippen molar-refractivity contribution in [3.8, 4) is 6.07 Å². The van der Waals surface area contributed by atoms with Crippen LogP contribution in [0.4, 0.5) is 0 Å². The van der Waals surface area contributed by atoms with Crippen LogP contribution < -0.4 is 16.8 Å². The fourth-order valence-electron chi connectivity index (χ4n) is 6.52. The largest absolute Gasteiger partial charge is 0.366 e. The molecular weight excluding hydrogens is 544 g/mol. The van der Waals surface area contributed by atoms with Crippen molar-refractivity contribution in [3.63, 3.8) is 0 Å². The third-order valence-electron chi connectivity index (χ3n) is 8.73. The molecular formula is C32H38N8O3. The first kappa shape index (κ1) is 29.9. The maximum absolute atomic E-state index is 13.1. The number of carbonyl (C=O) groups is 3. The molecule has 2 atom stereocenters. The van der Waals surface area contributed by atoms with Crippen LogP contribution in [-0.4, -0.2) is 63.0 Å². The second kappa shape index (κ2) is 12.0. The number of aryl methyl sites for hydroxylation is 2. The second-order valence-corrected chi connectivity index (χ2v) is 11.9. The van der Waals surface area contributed by atoms with Gasteiger partial charge in [-0.1, -0.05) is 26.0 Å². The van der Waals surface area contributed by atoms with E-state index in [1.165, 1.54) is 0 Å². The van der Waals surface area contributed by atoms with Crippen LogP contribution in [0.2, 0.25) is 0 Å². The number of nitrogens with two attached hydrogens (primary N) is 2. The first-order valence-corrected chi connectivity index (χ1v) is 14.8. The molecule has 3 aromatic rings. The zero-order valence-electron chi connectivity index (χ0n) is 24.8. The number of fused-ring (bicyclic) bond motifs is 2. The number of rotatable bonds is 9. The van der Waals surface area contributed by atoms with Gasteiger partial charge in [-0.25, -0.2) is 4.98 Å². The molecule has 224 valence electrons. The number of primary amides is 2. The average molecular weight is 583 g/mol. The molecule has 1 fully saturated rings. The normalized spacial score (nSPS) is 17.9. The third kappa shape index (κ3) is 5.62. The first-order chi connectivity index (χ1) is 20.5. The number of amides is 3. The zero-order valence-corrected chi connectivity index (χ0v) is 24.8. The van der Waals surface area contributed by atoms with Gasteiger partial charge < -0.3 is 21.7 Å². The highest BCUT2D eigenvalue weighted by molar-refractivity contribution is 5.94. The Morgan fingerprint density at radius 1 is 1.07 bits per heavy atom. The first-order valence-electron chi connectivity index (χ1n) is 14.8. The van der Waals surface area contributed by atoms with Crippen molar-refractivity contribution >= 4 is 17.7 Å². The summed E-state index contributed by atoms with van der Waals surface area (Å²) < 4.78 is 0. The van der Waals surface area contributed by atoms with Gasteiger partial charge in [-0.05, 0) is 85.5 Å². The number of aromatic amines is 1. The number of hydrogen-bond donors (Lipinski definition) is 4. The van der Waals surface area contributed by atoms with E-state index in [0.717, 1.165) is 34.5 Å². The molecule has 43 heavy (non-hydrogen) atoms. The summed E-state index contributed by atoms with van der Waals surface area (Å²) in [5, 5.41) is 20.7. The molecule has 0 bridgehead atoms. The summed E-state index contributed by atoms with van der Waals surface area (Å²) in [5.74, 6) is 0.248. The van der Waals surface area contributed by atoms with Crippen molar-refractivity contribution in [1.29, 1.82) is 5.26 Å². The average Bonchev–Trinajstić information content (AvgIpc) is 3.66. The van der Waals surface area contributed by atoms with Crippen LogP contribution in [0.5, 0.6) is 0 Å². The van der Waals surface area contributed by atoms with Crippen molar-refractivity contribution in [2.45, 2.75) is 76.3 Å². The molecule has 1 aliphatic heterocycles. The number of aromatic nitrogens is 3. The highest BCUT2D eigenvalue weighted by Crippen LogP contribution is 2.47. The number of nitrogens with zero attached hydrogens (tertiary/aromatic N) is 4. The van der Waals surface area contributed by atoms with E-state index in [2.05, 4.69) is 16.5 Å². The molecule has 11 nitrogen and oxygen atoms in total. The Labute approximate surface area is 251 Å². The summed E-state index contributed by atoms with van der Waals surface area (Å²) in [7, 11) is 0. The van der Waals surface area contributed by atoms with Crippen LogP contribution in [0, 0.1) is 11.3 Å². The van der Waals surface area contributed by atoms with Gasteiger partial charge in [0, 0.05) is 29.6 Å². The molecule has 1 saturated heterocycles. The van der Waals surface area contributed by atoms with E-state index in [4.69, 9.17) is 21.5 Å². The molecule has 0 spiro atoms. The Morgan fingerprint density at radius 2 is 1.67 bits per heavy atom. The molecule has 1 aliphatic carbocycles. The monoisotopic (exact) mass is 582 g/mol. The van der Waals surface area contributed by atoms with Gasteiger partial charge in [0.2, 0.25) is 17.7 Å². The van der Waals surface area contributed by atoms with Gasteiger partial charge in [-0.2, -0.15) is 10.4 Å². The number of nitrogens with one attached hydrogen (secondary N) is 2. The highest BCUT2D eigenvalue weighted by atomic mass is 16.2. The predicted octanol–water partition coefficient (Wildman–Crippen LogP) is 2.44. The summed E-state index contributed by atoms with van der Waals surface area (Å²) in [5.41, 5.74) is 15.0. The summed E-state index contributed by atoms with van der Waals surface area (Å²) in [6.45, 7) is 6.75. The van der Waals surface area contributed by atoms with Gasteiger partial charge in [0.25, 0.3) is 0 Å². The topological polar surface area (TPSA) is 184 Å². The van der Waals surface area contributed by atoms with E-state index in [-0.39, 0.29) is 24.4 Å². The van der Waals surface area contributed by atoms with E-state index in [1.54, 1.807) is 17.0 Å². The number of likely N-dealkylation sites (tertiary alicyclic amines) is 1. The number of nitriles is 1. The lowest BCUT2D eigenvalue weighted by Crippen LogP contribution is -2.45. The van der Waals surface area contributed by atoms with E-state index >= 15 is 0 Å². The van der Waals surface area contributed by atoms with Crippen molar-refractivity contribution in [2.24, 2.45) is 11.5 Å². The molecule has 0 unspecified atom stereocenters. The lowest BCUT2D eigenvalue weighted by molar-refractivity contribution is -0.130. The fourth-order valence-corrected chi connectivity index (χ4v) is 6.52.